The minimum atomic E-state index is -0.266. The average Bonchev–Trinajstić information content (AvgIpc) is 2.42. The topological polar surface area (TPSA) is 64.7 Å². The zero-order valence-electron chi connectivity index (χ0n) is 12.5. The highest BCUT2D eigenvalue weighted by Gasteiger charge is 2.23. The molecule has 1 aromatic carbocycles. The second-order valence-corrected chi connectivity index (χ2v) is 4.83. The summed E-state index contributed by atoms with van der Waals surface area (Å²) in [6.45, 7) is 6.07. The lowest BCUT2D eigenvalue weighted by Crippen LogP contribution is -2.24. The van der Waals surface area contributed by atoms with E-state index >= 15 is 0 Å². The van der Waals surface area contributed by atoms with Crippen molar-refractivity contribution in [2.45, 2.75) is 33.2 Å². The van der Waals surface area contributed by atoms with Crippen molar-refractivity contribution in [3.05, 3.63) is 22.8 Å². The third kappa shape index (κ3) is 3.01. The van der Waals surface area contributed by atoms with Crippen LogP contribution in [0.25, 0.3) is 0 Å². The molecule has 0 aliphatic carbocycles. The molecule has 19 heavy (non-hydrogen) atoms. The van der Waals surface area contributed by atoms with Crippen LogP contribution in [-0.2, 0) is 0 Å². The lowest BCUT2D eigenvalue weighted by molar-refractivity contribution is 0.199. The Labute approximate surface area is 115 Å². The minimum absolute atomic E-state index is 0.0145. The van der Waals surface area contributed by atoms with Crippen LogP contribution in [0.5, 0.6) is 11.5 Å². The molecule has 0 aliphatic rings. The van der Waals surface area contributed by atoms with Crippen LogP contribution >= 0.6 is 0 Å². The van der Waals surface area contributed by atoms with Gasteiger partial charge >= 0.3 is 0 Å². The van der Waals surface area contributed by atoms with Crippen LogP contribution in [0.2, 0.25) is 0 Å². The first-order valence-electron chi connectivity index (χ1n) is 6.60. The Morgan fingerprint density at radius 3 is 2.26 bits per heavy atom. The fourth-order valence-electron chi connectivity index (χ4n) is 2.37. The standard InChI is InChI=1S/C15H25NO3/c1-6-11(8-17)14(16)12-7-13(18-4)9(2)10(3)15(12)19-5/h7,11,14,17H,6,8,16H2,1-5H3. The lowest BCUT2D eigenvalue weighted by atomic mass is 9.89. The number of benzene rings is 1. The van der Waals surface area contributed by atoms with Gasteiger partial charge in [0.05, 0.1) is 14.2 Å². The number of methoxy groups -OCH3 is 2. The van der Waals surface area contributed by atoms with E-state index in [0.717, 1.165) is 34.6 Å². The first kappa shape index (κ1) is 15.8. The summed E-state index contributed by atoms with van der Waals surface area (Å²) in [5.74, 6) is 1.61. The molecule has 0 saturated heterocycles. The SMILES string of the molecule is CCC(CO)C(N)c1cc(OC)c(C)c(C)c1OC. The van der Waals surface area contributed by atoms with Crippen LogP contribution in [0.1, 0.15) is 36.1 Å². The zero-order valence-corrected chi connectivity index (χ0v) is 12.5. The molecule has 3 N–H and O–H groups in total. The van der Waals surface area contributed by atoms with E-state index in [-0.39, 0.29) is 18.6 Å². The second-order valence-electron chi connectivity index (χ2n) is 4.83. The Morgan fingerprint density at radius 1 is 1.21 bits per heavy atom. The molecule has 2 unspecified atom stereocenters. The summed E-state index contributed by atoms with van der Waals surface area (Å²) in [6.07, 6.45) is 0.816. The number of hydrogen-bond donors (Lipinski definition) is 2. The Kier molecular flexibility index (Phi) is 5.63. The number of ether oxygens (including phenoxy) is 2. The van der Waals surface area contributed by atoms with E-state index in [2.05, 4.69) is 0 Å². The van der Waals surface area contributed by atoms with Crippen LogP contribution in [0.15, 0.2) is 6.07 Å². The van der Waals surface area contributed by atoms with E-state index in [0.29, 0.717) is 0 Å². The van der Waals surface area contributed by atoms with Crippen LogP contribution in [0.4, 0.5) is 0 Å². The summed E-state index contributed by atoms with van der Waals surface area (Å²) in [6, 6.07) is 1.66. The van der Waals surface area contributed by atoms with E-state index < -0.39 is 0 Å². The van der Waals surface area contributed by atoms with E-state index in [1.54, 1.807) is 14.2 Å². The maximum absolute atomic E-state index is 9.42. The van der Waals surface area contributed by atoms with Crippen molar-refractivity contribution in [1.29, 1.82) is 0 Å². The maximum Gasteiger partial charge on any atom is 0.127 e. The van der Waals surface area contributed by atoms with E-state index in [1.807, 2.05) is 26.8 Å². The summed E-state index contributed by atoms with van der Waals surface area (Å²) in [5.41, 5.74) is 9.25. The van der Waals surface area contributed by atoms with Crippen LogP contribution in [-0.4, -0.2) is 25.9 Å². The molecule has 0 aromatic heterocycles. The van der Waals surface area contributed by atoms with Gasteiger partial charge in [-0.3, -0.25) is 0 Å². The molecule has 4 heteroatoms. The third-order valence-corrected chi connectivity index (χ3v) is 3.87. The van der Waals surface area contributed by atoms with Crippen LogP contribution in [0, 0.1) is 19.8 Å². The smallest absolute Gasteiger partial charge is 0.127 e. The monoisotopic (exact) mass is 267 g/mol. The summed E-state index contributed by atoms with van der Waals surface area (Å²) < 4.78 is 10.9. The second kappa shape index (κ2) is 6.78. The van der Waals surface area contributed by atoms with Gasteiger partial charge < -0.3 is 20.3 Å². The van der Waals surface area contributed by atoms with Gasteiger partial charge in [-0.15, -0.1) is 0 Å². The van der Waals surface area contributed by atoms with E-state index in [9.17, 15) is 5.11 Å². The van der Waals surface area contributed by atoms with Gasteiger partial charge in [0.15, 0.2) is 0 Å². The molecular formula is C15H25NO3. The Hall–Kier alpha value is -1.26. The summed E-state index contributed by atoms with van der Waals surface area (Å²) in [7, 11) is 3.29. The molecule has 1 rings (SSSR count). The molecule has 0 bridgehead atoms. The van der Waals surface area contributed by atoms with E-state index in [4.69, 9.17) is 15.2 Å². The van der Waals surface area contributed by atoms with Gasteiger partial charge in [-0.2, -0.15) is 0 Å². The first-order valence-corrected chi connectivity index (χ1v) is 6.60. The molecule has 1 aromatic rings. The van der Waals surface area contributed by atoms with Crippen LogP contribution < -0.4 is 15.2 Å². The number of aliphatic hydroxyl groups is 1. The number of hydrogen-bond acceptors (Lipinski definition) is 4. The molecule has 4 nitrogen and oxygen atoms in total. The molecule has 2 atom stereocenters. The van der Waals surface area contributed by atoms with Crippen molar-refractivity contribution >= 4 is 0 Å². The predicted octanol–water partition coefficient (Wildman–Crippen LogP) is 2.34. The molecule has 108 valence electrons. The van der Waals surface area contributed by atoms with Gasteiger partial charge in [0.1, 0.15) is 11.5 Å². The summed E-state index contributed by atoms with van der Waals surface area (Å²) in [5, 5.41) is 9.42. The number of aliphatic hydroxyl groups excluding tert-OH is 1. The highest BCUT2D eigenvalue weighted by molar-refractivity contribution is 5.53. The number of rotatable bonds is 6. The van der Waals surface area contributed by atoms with Gasteiger partial charge in [-0.1, -0.05) is 6.92 Å². The Bertz CT molecular complexity index is 428. The quantitative estimate of drug-likeness (QED) is 0.830. The zero-order chi connectivity index (χ0) is 14.6. The fourth-order valence-corrected chi connectivity index (χ4v) is 2.37. The molecule has 0 fully saturated rings. The maximum atomic E-state index is 9.42. The van der Waals surface area contributed by atoms with Gasteiger partial charge in [0.25, 0.3) is 0 Å². The summed E-state index contributed by atoms with van der Waals surface area (Å²) in [4.78, 5) is 0. The normalized spacial score (nSPS) is 14.1. The largest absolute Gasteiger partial charge is 0.496 e. The first-order chi connectivity index (χ1) is 9.01. The fraction of sp³-hybridized carbons (Fsp3) is 0.600. The van der Waals surface area contributed by atoms with Crippen LogP contribution in [0.3, 0.4) is 0 Å². The Balaban J connectivity index is 3.36. The van der Waals surface area contributed by atoms with Crippen molar-refractivity contribution in [3.63, 3.8) is 0 Å². The van der Waals surface area contributed by atoms with Crippen molar-refractivity contribution < 1.29 is 14.6 Å². The van der Waals surface area contributed by atoms with E-state index in [1.165, 1.54) is 0 Å². The predicted molar refractivity (Wildman–Crippen MR) is 76.8 cm³/mol. The number of nitrogens with two attached hydrogens (primary N) is 1. The average molecular weight is 267 g/mol. The van der Waals surface area contributed by atoms with Gasteiger partial charge in [-0.25, -0.2) is 0 Å². The minimum Gasteiger partial charge on any atom is -0.496 e. The molecule has 0 saturated carbocycles. The van der Waals surface area contributed by atoms with Crippen molar-refractivity contribution in [2.24, 2.45) is 11.7 Å². The molecule has 0 aliphatic heterocycles. The lowest BCUT2D eigenvalue weighted by Gasteiger charge is -2.25. The van der Waals surface area contributed by atoms with Crippen molar-refractivity contribution in [1.82, 2.24) is 0 Å². The molecular weight excluding hydrogens is 242 g/mol. The van der Waals surface area contributed by atoms with Gasteiger partial charge in [0.2, 0.25) is 0 Å². The molecule has 0 amide bonds. The molecule has 0 radical (unpaired) electrons. The highest BCUT2D eigenvalue weighted by atomic mass is 16.5. The van der Waals surface area contributed by atoms with Crippen molar-refractivity contribution in [2.75, 3.05) is 20.8 Å². The van der Waals surface area contributed by atoms with Crippen molar-refractivity contribution in [3.8, 4) is 11.5 Å². The molecule has 0 heterocycles. The molecule has 0 spiro atoms. The van der Waals surface area contributed by atoms with Gasteiger partial charge in [-0.05, 0) is 37.5 Å². The Morgan fingerprint density at radius 2 is 1.84 bits per heavy atom. The van der Waals surface area contributed by atoms with Gasteiger partial charge in [0, 0.05) is 24.1 Å². The summed E-state index contributed by atoms with van der Waals surface area (Å²) >= 11 is 0. The third-order valence-electron chi connectivity index (χ3n) is 3.87. The highest BCUT2D eigenvalue weighted by Crippen LogP contribution is 2.38.